The topological polar surface area (TPSA) is 70.2 Å². The molecule has 7 heteroatoms. The Morgan fingerprint density at radius 3 is 2.21 bits per heavy atom. The molecule has 0 radical (unpaired) electrons. The van der Waals surface area contributed by atoms with Crippen LogP contribution >= 0.6 is 11.3 Å². The largest absolute Gasteiger partial charge is 0.356 e. The molecule has 0 atom stereocenters. The number of piperidine rings is 1. The smallest absolute Gasteiger partial charge is 0.227 e. The number of aromatic nitrogens is 2. The van der Waals surface area contributed by atoms with Gasteiger partial charge in [-0.05, 0) is 72.8 Å². The van der Waals surface area contributed by atoms with Crippen LogP contribution < -0.4 is 15.5 Å². The first-order valence-corrected chi connectivity index (χ1v) is 12.0. The second-order valence-corrected chi connectivity index (χ2v) is 9.02. The van der Waals surface area contributed by atoms with Gasteiger partial charge >= 0.3 is 0 Å². The molecule has 1 amide bonds. The van der Waals surface area contributed by atoms with Crippen LogP contribution in [0.3, 0.4) is 0 Å². The van der Waals surface area contributed by atoms with Crippen molar-refractivity contribution in [1.82, 2.24) is 10.2 Å². The first-order chi connectivity index (χ1) is 16.2. The first kappa shape index (κ1) is 21.2. The number of nitrogens with one attached hydrogen (secondary N) is 2. The molecule has 0 aliphatic carbocycles. The van der Waals surface area contributed by atoms with Crippen molar-refractivity contribution in [2.24, 2.45) is 5.92 Å². The zero-order valence-electron chi connectivity index (χ0n) is 18.1. The van der Waals surface area contributed by atoms with E-state index in [9.17, 15) is 4.79 Å². The fraction of sp³-hybridized carbons (Fsp3) is 0.192. The summed E-state index contributed by atoms with van der Waals surface area (Å²) in [5.74, 6) is 0.954. The van der Waals surface area contributed by atoms with Crippen molar-refractivity contribution in [3.63, 3.8) is 0 Å². The van der Waals surface area contributed by atoms with Gasteiger partial charge in [-0.2, -0.15) is 0 Å². The number of hydrogen-bond donors (Lipinski definition) is 2. The lowest BCUT2D eigenvalue weighted by molar-refractivity contribution is -0.120. The van der Waals surface area contributed by atoms with Gasteiger partial charge in [0, 0.05) is 36.1 Å². The Morgan fingerprint density at radius 1 is 0.818 bits per heavy atom. The van der Waals surface area contributed by atoms with Crippen LogP contribution in [0.4, 0.5) is 22.9 Å². The minimum Gasteiger partial charge on any atom is -0.356 e. The van der Waals surface area contributed by atoms with E-state index >= 15 is 0 Å². The van der Waals surface area contributed by atoms with E-state index < -0.39 is 0 Å². The number of nitrogens with zero attached hydrogens (tertiary/aromatic N) is 3. The van der Waals surface area contributed by atoms with Crippen LogP contribution in [0.1, 0.15) is 12.8 Å². The Morgan fingerprint density at radius 2 is 1.55 bits per heavy atom. The van der Waals surface area contributed by atoms with Gasteiger partial charge < -0.3 is 15.5 Å². The van der Waals surface area contributed by atoms with E-state index in [1.54, 1.807) is 11.3 Å². The zero-order chi connectivity index (χ0) is 22.5. The number of hydrogen-bond acceptors (Lipinski definition) is 6. The summed E-state index contributed by atoms with van der Waals surface area (Å²) in [6, 6.07) is 25.9. The van der Waals surface area contributed by atoms with Crippen LogP contribution in [-0.2, 0) is 4.79 Å². The summed E-state index contributed by atoms with van der Waals surface area (Å²) >= 11 is 1.66. The van der Waals surface area contributed by atoms with E-state index in [4.69, 9.17) is 0 Å². The maximum Gasteiger partial charge on any atom is 0.227 e. The fourth-order valence-electron chi connectivity index (χ4n) is 3.99. The van der Waals surface area contributed by atoms with Crippen LogP contribution in [0.15, 0.2) is 84.2 Å². The summed E-state index contributed by atoms with van der Waals surface area (Å²) in [7, 11) is 0. The summed E-state index contributed by atoms with van der Waals surface area (Å²) in [6.45, 7) is 1.59. The lowest BCUT2D eigenvalue weighted by Gasteiger charge is -2.31. The van der Waals surface area contributed by atoms with Gasteiger partial charge in [-0.3, -0.25) is 4.79 Å². The molecule has 2 N–H and O–H groups in total. The minimum absolute atomic E-state index is 0.00159. The molecule has 166 valence electrons. The number of rotatable bonds is 6. The number of benzene rings is 2. The molecule has 0 spiro atoms. The van der Waals surface area contributed by atoms with Crippen molar-refractivity contribution in [3.8, 4) is 10.6 Å². The van der Waals surface area contributed by atoms with Gasteiger partial charge in [0.2, 0.25) is 5.91 Å². The van der Waals surface area contributed by atoms with Crippen LogP contribution in [-0.4, -0.2) is 29.2 Å². The second kappa shape index (κ2) is 9.83. The van der Waals surface area contributed by atoms with Gasteiger partial charge in [0.05, 0.1) is 4.88 Å². The molecule has 2 aromatic heterocycles. The Balaban J connectivity index is 1.12. The quantitative estimate of drug-likeness (QED) is 0.384. The molecular formula is C26H25N5OS. The fourth-order valence-corrected chi connectivity index (χ4v) is 4.68. The summed E-state index contributed by atoms with van der Waals surface area (Å²) < 4.78 is 0. The molecular weight excluding hydrogens is 430 g/mol. The lowest BCUT2D eigenvalue weighted by Crippen LogP contribution is -2.38. The van der Waals surface area contributed by atoms with E-state index in [1.807, 2.05) is 84.2 Å². The first-order valence-electron chi connectivity index (χ1n) is 11.1. The van der Waals surface area contributed by atoms with Crippen molar-refractivity contribution in [2.75, 3.05) is 28.6 Å². The van der Waals surface area contributed by atoms with Gasteiger partial charge in [0.25, 0.3) is 0 Å². The van der Waals surface area contributed by atoms with Crippen LogP contribution in [0.25, 0.3) is 10.6 Å². The van der Waals surface area contributed by atoms with Gasteiger partial charge in [-0.15, -0.1) is 21.5 Å². The Bertz CT molecular complexity index is 1170. The van der Waals surface area contributed by atoms with E-state index in [0.717, 1.165) is 59.4 Å². The highest BCUT2D eigenvalue weighted by molar-refractivity contribution is 7.13. The van der Waals surface area contributed by atoms with Crippen LogP contribution in [0.5, 0.6) is 0 Å². The normalized spacial score (nSPS) is 14.1. The van der Waals surface area contributed by atoms with Crippen molar-refractivity contribution >= 4 is 40.1 Å². The molecule has 1 aliphatic heterocycles. The average molecular weight is 456 g/mol. The Hall–Kier alpha value is -3.71. The number of para-hydroxylation sites is 1. The number of thiophene rings is 1. The van der Waals surface area contributed by atoms with E-state index in [2.05, 4.69) is 25.7 Å². The molecule has 1 fully saturated rings. The highest BCUT2D eigenvalue weighted by Gasteiger charge is 2.26. The maximum absolute atomic E-state index is 12.8. The molecule has 1 aliphatic rings. The van der Waals surface area contributed by atoms with Gasteiger partial charge in [0.15, 0.2) is 5.82 Å². The summed E-state index contributed by atoms with van der Waals surface area (Å²) in [4.78, 5) is 16.1. The predicted molar refractivity (Wildman–Crippen MR) is 135 cm³/mol. The van der Waals surface area contributed by atoms with Crippen LogP contribution in [0.2, 0.25) is 0 Å². The number of amides is 1. The maximum atomic E-state index is 12.8. The van der Waals surface area contributed by atoms with E-state index in [-0.39, 0.29) is 11.8 Å². The average Bonchev–Trinajstić information content (AvgIpc) is 3.41. The molecule has 0 unspecified atom stereocenters. The van der Waals surface area contributed by atoms with E-state index in [0.29, 0.717) is 0 Å². The number of anilines is 4. The predicted octanol–water partition coefficient (Wildman–Crippen LogP) is 5.80. The van der Waals surface area contributed by atoms with Crippen molar-refractivity contribution in [3.05, 3.63) is 84.2 Å². The van der Waals surface area contributed by atoms with Crippen molar-refractivity contribution in [2.45, 2.75) is 12.8 Å². The Kier molecular flexibility index (Phi) is 6.30. The minimum atomic E-state index is 0.00159. The summed E-state index contributed by atoms with van der Waals surface area (Å²) in [5, 5.41) is 17.2. The lowest BCUT2D eigenvalue weighted by atomic mass is 9.96. The SMILES string of the molecule is O=C(Nc1ccc(Nc2ccccc2)cc1)C1CCN(c2ccc(-c3cccs3)nn2)CC1. The summed E-state index contributed by atoms with van der Waals surface area (Å²) in [5.41, 5.74) is 3.73. The molecule has 0 saturated carbocycles. The monoisotopic (exact) mass is 455 g/mol. The highest BCUT2D eigenvalue weighted by Crippen LogP contribution is 2.26. The molecule has 6 nitrogen and oxygen atoms in total. The zero-order valence-corrected chi connectivity index (χ0v) is 19.0. The van der Waals surface area contributed by atoms with Crippen molar-refractivity contribution < 1.29 is 4.79 Å². The molecule has 4 aromatic rings. The number of carbonyl (C=O) groups excluding carboxylic acids is 1. The van der Waals surface area contributed by atoms with E-state index in [1.165, 1.54) is 0 Å². The standard InChI is InChI=1S/C26H25N5OS/c32-26(28-22-10-8-21(9-11-22)27-20-5-2-1-3-6-20)19-14-16-31(17-15-19)25-13-12-23(29-30-25)24-7-4-18-33-24/h1-13,18-19,27H,14-17H2,(H,28,32). The summed E-state index contributed by atoms with van der Waals surface area (Å²) in [6.07, 6.45) is 1.60. The molecule has 5 rings (SSSR count). The third-order valence-corrected chi connectivity index (χ3v) is 6.72. The highest BCUT2D eigenvalue weighted by atomic mass is 32.1. The Labute approximate surface area is 197 Å². The van der Waals surface area contributed by atoms with Gasteiger partial charge in [-0.25, -0.2) is 0 Å². The van der Waals surface area contributed by atoms with Gasteiger partial charge in [-0.1, -0.05) is 24.3 Å². The molecule has 3 heterocycles. The second-order valence-electron chi connectivity index (χ2n) is 8.07. The number of carbonyl (C=O) groups is 1. The molecule has 0 bridgehead atoms. The van der Waals surface area contributed by atoms with Crippen LogP contribution in [0, 0.1) is 5.92 Å². The molecule has 2 aromatic carbocycles. The third-order valence-electron chi connectivity index (χ3n) is 5.83. The van der Waals surface area contributed by atoms with Crippen molar-refractivity contribution in [1.29, 1.82) is 0 Å². The molecule has 1 saturated heterocycles. The molecule has 33 heavy (non-hydrogen) atoms. The van der Waals surface area contributed by atoms with Gasteiger partial charge in [0.1, 0.15) is 5.69 Å². The third kappa shape index (κ3) is 5.21.